The van der Waals surface area contributed by atoms with Gasteiger partial charge in [-0.05, 0) is 67.1 Å². The number of hydrogen-bond donors (Lipinski definition) is 4. The maximum atomic E-state index is 16.9. The Balaban J connectivity index is 1.04. The van der Waals surface area contributed by atoms with Gasteiger partial charge in [-0.3, -0.25) is 9.59 Å². The molecular formula is C50H55F2N9O8. The molecule has 0 saturated carbocycles. The van der Waals surface area contributed by atoms with Crippen molar-refractivity contribution in [1.82, 2.24) is 44.9 Å². The number of H-pyrrole nitrogens is 2. The van der Waals surface area contributed by atoms with Crippen LogP contribution in [0.4, 0.5) is 18.4 Å². The van der Waals surface area contributed by atoms with Crippen molar-refractivity contribution in [3.8, 4) is 45.3 Å². The quantitative estimate of drug-likeness (QED) is 0.0928. The lowest BCUT2D eigenvalue weighted by molar-refractivity contribution is -0.136. The lowest BCUT2D eigenvalue weighted by atomic mass is 10.0. The number of carbonyl (C=O) groups excluding carboxylic acids is 4. The number of halogens is 2. The first-order valence-corrected chi connectivity index (χ1v) is 23.0. The van der Waals surface area contributed by atoms with E-state index in [1.807, 2.05) is 66.9 Å². The summed E-state index contributed by atoms with van der Waals surface area (Å²) in [5.41, 5.74) is 4.74. The van der Waals surface area contributed by atoms with E-state index >= 15 is 8.78 Å². The molecule has 19 heteroatoms. The summed E-state index contributed by atoms with van der Waals surface area (Å²) in [5.74, 6) is 0.111. The summed E-state index contributed by atoms with van der Waals surface area (Å²) in [6.07, 6.45) is 1.19. The Morgan fingerprint density at radius 2 is 1.45 bits per heavy atom. The van der Waals surface area contributed by atoms with Gasteiger partial charge in [0.1, 0.15) is 47.2 Å². The molecule has 6 heterocycles. The van der Waals surface area contributed by atoms with Crippen molar-refractivity contribution >= 4 is 34.9 Å². The van der Waals surface area contributed by atoms with Gasteiger partial charge in [-0.2, -0.15) is 0 Å². The van der Waals surface area contributed by atoms with Crippen molar-refractivity contribution in [1.29, 1.82) is 0 Å². The number of nitrogens with zero attached hydrogens (tertiary/aromatic N) is 5. The molecule has 362 valence electrons. The lowest BCUT2D eigenvalue weighted by Crippen LogP contribution is -2.51. The van der Waals surface area contributed by atoms with Crippen LogP contribution in [-0.4, -0.2) is 111 Å². The second-order valence-corrected chi connectivity index (χ2v) is 18.4. The third-order valence-electron chi connectivity index (χ3n) is 13.3. The normalized spacial score (nSPS) is 19.5. The Morgan fingerprint density at radius 1 is 0.797 bits per heavy atom. The van der Waals surface area contributed by atoms with Crippen LogP contribution in [0, 0.1) is 17.7 Å². The van der Waals surface area contributed by atoms with Crippen LogP contribution in [0.5, 0.6) is 11.5 Å². The molecule has 0 aliphatic carbocycles. The van der Waals surface area contributed by atoms with Gasteiger partial charge >= 0.3 is 12.2 Å². The Kier molecular flexibility index (Phi) is 12.8. The predicted octanol–water partition coefficient (Wildman–Crippen LogP) is 8.21. The highest BCUT2D eigenvalue weighted by Crippen LogP contribution is 2.48. The number of rotatable bonds is 12. The zero-order chi connectivity index (χ0) is 48.8. The van der Waals surface area contributed by atoms with Crippen molar-refractivity contribution in [3.63, 3.8) is 0 Å². The number of methoxy groups -OCH3 is 3. The van der Waals surface area contributed by atoms with Gasteiger partial charge in [0.2, 0.25) is 18.0 Å². The highest BCUT2D eigenvalue weighted by atomic mass is 19.1. The first-order chi connectivity index (χ1) is 33.2. The van der Waals surface area contributed by atoms with Gasteiger partial charge in [0.25, 0.3) is 0 Å². The van der Waals surface area contributed by atoms with Crippen molar-refractivity contribution in [2.75, 3.05) is 34.4 Å². The minimum Gasteiger partial charge on any atom is -0.497 e. The van der Waals surface area contributed by atoms with Crippen LogP contribution in [0.2, 0.25) is 0 Å². The van der Waals surface area contributed by atoms with E-state index in [1.165, 1.54) is 31.4 Å². The molecule has 1 unspecified atom stereocenters. The molecule has 6 atom stereocenters. The highest BCUT2D eigenvalue weighted by Gasteiger charge is 2.42. The summed E-state index contributed by atoms with van der Waals surface area (Å²) < 4.78 is 55.8. The van der Waals surface area contributed by atoms with Gasteiger partial charge in [-0.25, -0.2) is 28.3 Å². The number of alkyl carbamates (subject to hydrolysis) is 2. The van der Waals surface area contributed by atoms with Crippen molar-refractivity contribution in [2.45, 2.75) is 83.5 Å². The summed E-state index contributed by atoms with van der Waals surface area (Å²) in [4.78, 5) is 70.9. The SMILES string of the molecule is COC(=O)N[C@H](C(=O)N1CCC[C@H]1c1ncc(-c2ccc3c(c2)cc2n3C(c3cccc(OC)c3)Oc3cc(-c4cnc([C@@H]5C[C@@H](F)CN5C(=O)[C@@H](NC(=O)OC)C(C)C)[nH]4)cc(F)c3-2)[nH]1)C(C)C. The van der Waals surface area contributed by atoms with Crippen molar-refractivity contribution in [2.24, 2.45) is 11.8 Å². The summed E-state index contributed by atoms with van der Waals surface area (Å²) in [5, 5.41) is 6.07. The number of hydrogen-bond acceptors (Lipinski definition) is 10. The van der Waals surface area contributed by atoms with E-state index in [4.69, 9.17) is 23.9 Å². The number of nitrogens with one attached hydrogen (secondary N) is 4. The molecule has 0 bridgehead atoms. The summed E-state index contributed by atoms with van der Waals surface area (Å²) in [7, 11) is 4.05. The van der Waals surface area contributed by atoms with E-state index in [2.05, 4.69) is 25.6 Å². The molecule has 9 rings (SSSR count). The summed E-state index contributed by atoms with van der Waals surface area (Å²) in [6.45, 7) is 7.63. The molecule has 3 aliphatic heterocycles. The van der Waals surface area contributed by atoms with Crippen LogP contribution in [0.25, 0.3) is 44.7 Å². The fourth-order valence-corrected chi connectivity index (χ4v) is 9.78. The van der Waals surface area contributed by atoms with E-state index in [0.717, 1.165) is 34.1 Å². The standard InChI is InChI=1S/C50H55F2N9O8/c1-25(2)42(57-49(64)67-6)46(62)59-15-9-12-37(59)44-53-22-34(55-44)27-13-14-36-30(16-27)19-38-41-33(52)18-29(20-40(41)69-48(61(36)38)28-10-8-11-32(17-28)66-5)35-23-54-45(56-35)39-21-31(51)24-60(39)47(63)43(26(3)4)58-50(65)68-7/h8,10-11,13-14,16-20,22-23,25-26,31,37,39,42-43,48H,9,12,15,21,24H2,1-7H3,(H,53,55)(H,54,56)(H,57,64)(H,58,65)/t31-,37+,39+,42+,43+,48?/m1/s1. The molecule has 3 aromatic carbocycles. The van der Waals surface area contributed by atoms with Gasteiger partial charge in [-0.15, -0.1) is 0 Å². The third-order valence-corrected chi connectivity index (χ3v) is 13.3. The number of aromatic amines is 2. The van der Waals surface area contributed by atoms with Gasteiger partial charge < -0.3 is 53.9 Å². The lowest BCUT2D eigenvalue weighted by Gasteiger charge is -2.31. The molecule has 4 amide bonds. The minimum absolute atomic E-state index is 0.0178. The molecule has 3 aromatic heterocycles. The van der Waals surface area contributed by atoms with Gasteiger partial charge in [0.15, 0.2) is 0 Å². The first-order valence-electron chi connectivity index (χ1n) is 23.0. The molecule has 6 aromatic rings. The van der Waals surface area contributed by atoms with Gasteiger partial charge in [0, 0.05) is 35.0 Å². The second-order valence-electron chi connectivity index (χ2n) is 18.4. The number of likely N-dealkylation sites (tertiary alicyclic amines) is 2. The maximum Gasteiger partial charge on any atom is 0.407 e. The zero-order valence-electron chi connectivity index (χ0n) is 39.3. The minimum atomic E-state index is -1.33. The topological polar surface area (TPSA) is 198 Å². The van der Waals surface area contributed by atoms with Crippen LogP contribution in [0.15, 0.2) is 73.1 Å². The Bertz CT molecular complexity index is 2930. The molecule has 0 radical (unpaired) electrons. The molecule has 2 fully saturated rings. The van der Waals surface area contributed by atoms with Gasteiger partial charge in [-0.1, -0.05) is 45.9 Å². The third kappa shape index (κ3) is 8.81. The smallest absolute Gasteiger partial charge is 0.407 e. The Hall–Kier alpha value is -7.44. The maximum absolute atomic E-state index is 16.9. The summed E-state index contributed by atoms with van der Waals surface area (Å²) in [6, 6.07) is 15.6. The van der Waals surface area contributed by atoms with Crippen molar-refractivity contribution in [3.05, 3.63) is 96.1 Å². The van der Waals surface area contributed by atoms with Crippen LogP contribution < -0.4 is 20.1 Å². The van der Waals surface area contributed by atoms with Crippen LogP contribution in [0.1, 0.15) is 82.5 Å². The zero-order valence-corrected chi connectivity index (χ0v) is 39.3. The Labute approximate surface area is 396 Å². The summed E-state index contributed by atoms with van der Waals surface area (Å²) >= 11 is 0. The average molecular weight is 948 g/mol. The van der Waals surface area contributed by atoms with E-state index < -0.39 is 54.4 Å². The highest BCUT2D eigenvalue weighted by molar-refractivity contribution is 5.93. The number of fused-ring (bicyclic) bond motifs is 5. The number of alkyl halides is 1. The van der Waals surface area contributed by atoms with Crippen LogP contribution in [-0.2, 0) is 19.1 Å². The predicted molar refractivity (Wildman–Crippen MR) is 250 cm³/mol. The number of carbonyl (C=O) groups is 4. The van der Waals surface area contributed by atoms with E-state index in [1.54, 1.807) is 38.1 Å². The molecule has 69 heavy (non-hydrogen) atoms. The number of benzene rings is 3. The average Bonchev–Trinajstić information content (AvgIpc) is 4.21. The Morgan fingerprint density at radius 3 is 2.10 bits per heavy atom. The second kappa shape index (κ2) is 18.9. The van der Waals surface area contributed by atoms with E-state index in [0.29, 0.717) is 47.3 Å². The number of ether oxygens (including phenoxy) is 4. The van der Waals surface area contributed by atoms with Crippen LogP contribution in [0.3, 0.4) is 0 Å². The van der Waals surface area contributed by atoms with Crippen molar-refractivity contribution < 1.29 is 46.9 Å². The number of aromatic nitrogens is 5. The molecule has 2 saturated heterocycles. The monoisotopic (exact) mass is 947 g/mol. The molecule has 17 nitrogen and oxygen atoms in total. The molecule has 0 spiro atoms. The largest absolute Gasteiger partial charge is 0.497 e. The van der Waals surface area contributed by atoms with Gasteiger partial charge in [0.05, 0.1) is 80.5 Å². The molecule has 3 aliphatic rings. The molecule has 4 N–H and O–H groups in total. The number of amides is 4. The van der Waals surface area contributed by atoms with E-state index in [9.17, 15) is 19.2 Å². The van der Waals surface area contributed by atoms with Crippen LogP contribution >= 0.6 is 0 Å². The fourth-order valence-electron chi connectivity index (χ4n) is 9.78. The number of imidazole rings is 2. The van der Waals surface area contributed by atoms with E-state index in [-0.39, 0.29) is 48.1 Å². The fraction of sp³-hybridized carbons (Fsp3) is 0.400. The first kappa shape index (κ1) is 46.7. The molecular weight excluding hydrogens is 893 g/mol.